The number of aromatic nitrogens is 1. The number of hydrogen-bond donors (Lipinski definition) is 1. The molecule has 3 rings (SSSR count). The fourth-order valence-electron chi connectivity index (χ4n) is 2.87. The lowest BCUT2D eigenvalue weighted by molar-refractivity contribution is 0.220. The highest BCUT2D eigenvalue weighted by Gasteiger charge is 2.43. The molecule has 0 radical (unpaired) electrons. The maximum Gasteiger partial charge on any atom is 0.321 e. The van der Waals surface area contributed by atoms with E-state index in [1.807, 2.05) is 0 Å². The van der Waals surface area contributed by atoms with Crippen LogP contribution in [-0.2, 0) is 5.41 Å². The first-order chi connectivity index (χ1) is 11.5. The molecule has 0 spiro atoms. The Hall–Kier alpha value is -2.65. The Balaban J connectivity index is 1.79. The van der Waals surface area contributed by atoms with Gasteiger partial charge in [-0.15, -0.1) is 0 Å². The number of hydrogen-bond acceptors (Lipinski definition) is 3. The molecule has 1 unspecified atom stereocenters. The number of nitriles is 1. The Bertz CT molecular complexity index is 808. The number of amides is 2. The molecule has 1 aliphatic rings. The predicted molar refractivity (Wildman–Crippen MR) is 88.1 cm³/mol. The van der Waals surface area contributed by atoms with Gasteiger partial charge in [-0.1, -0.05) is 17.7 Å². The smallest absolute Gasteiger partial charge is 0.321 e. The number of nitrogens with zero attached hydrogens (tertiary/aromatic N) is 3. The normalized spacial score (nSPS) is 19.8. The molecular formula is C17H14ClFN4O. The van der Waals surface area contributed by atoms with Gasteiger partial charge in [0.25, 0.3) is 0 Å². The minimum Gasteiger partial charge on any atom is -0.323 e. The fraction of sp³-hybridized carbons (Fsp3) is 0.235. The summed E-state index contributed by atoms with van der Waals surface area (Å²) in [4.78, 5) is 17.8. The van der Waals surface area contributed by atoms with Crippen LogP contribution in [-0.4, -0.2) is 29.0 Å². The van der Waals surface area contributed by atoms with Crippen LogP contribution in [0.5, 0.6) is 0 Å². The molecule has 2 heterocycles. The second-order valence-corrected chi connectivity index (χ2v) is 6.10. The SMILES string of the molecule is N#CC1(c2ccc(Cl)cc2F)CCN(C(=O)Nc2cccnc2)C1. The molecule has 1 aliphatic heterocycles. The largest absolute Gasteiger partial charge is 0.323 e. The Labute approximate surface area is 143 Å². The molecule has 0 saturated carbocycles. The van der Waals surface area contributed by atoms with E-state index < -0.39 is 11.2 Å². The highest BCUT2D eigenvalue weighted by molar-refractivity contribution is 6.30. The molecule has 1 aromatic heterocycles. The standard InChI is InChI=1S/C17H14ClFN4O/c18-12-3-4-14(15(19)8-12)17(10-20)5-7-23(11-17)16(24)22-13-2-1-6-21-9-13/h1-4,6,8-9H,5,7,11H2,(H,22,24). The van der Waals surface area contributed by atoms with E-state index in [0.717, 1.165) is 0 Å². The molecule has 0 aliphatic carbocycles. The van der Waals surface area contributed by atoms with Crippen molar-refractivity contribution in [3.8, 4) is 6.07 Å². The Morgan fingerprint density at radius 2 is 2.29 bits per heavy atom. The number of nitrogens with one attached hydrogen (secondary N) is 1. The first-order valence-corrected chi connectivity index (χ1v) is 7.75. The van der Waals surface area contributed by atoms with E-state index in [4.69, 9.17) is 11.6 Å². The summed E-state index contributed by atoms with van der Waals surface area (Å²) in [5.41, 5.74) is -0.235. The summed E-state index contributed by atoms with van der Waals surface area (Å²) in [6.07, 6.45) is 3.50. The van der Waals surface area contributed by atoms with Gasteiger partial charge in [-0.3, -0.25) is 4.98 Å². The highest BCUT2D eigenvalue weighted by Crippen LogP contribution is 2.36. The van der Waals surface area contributed by atoms with Gasteiger partial charge in [-0.25, -0.2) is 9.18 Å². The van der Waals surface area contributed by atoms with Gasteiger partial charge in [0, 0.05) is 29.9 Å². The number of pyridine rings is 1. The van der Waals surface area contributed by atoms with Gasteiger partial charge >= 0.3 is 6.03 Å². The minimum atomic E-state index is -1.07. The highest BCUT2D eigenvalue weighted by atomic mass is 35.5. The van der Waals surface area contributed by atoms with E-state index in [9.17, 15) is 14.4 Å². The molecule has 7 heteroatoms. The maximum atomic E-state index is 14.2. The van der Waals surface area contributed by atoms with E-state index in [1.54, 1.807) is 24.4 Å². The Morgan fingerprint density at radius 3 is 2.96 bits per heavy atom. The number of halogens is 2. The number of anilines is 1. The van der Waals surface area contributed by atoms with Crippen LogP contribution < -0.4 is 5.32 Å². The van der Waals surface area contributed by atoms with E-state index in [0.29, 0.717) is 18.7 Å². The van der Waals surface area contributed by atoms with Gasteiger partial charge in [-0.2, -0.15) is 5.26 Å². The van der Waals surface area contributed by atoms with Crippen molar-refractivity contribution in [3.05, 3.63) is 59.1 Å². The van der Waals surface area contributed by atoms with Crippen LogP contribution in [0.1, 0.15) is 12.0 Å². The van der Waals surface area contributed by atoms with Crippen molar-refractivity contribution in [2.45, 2.75) is 11.8 Å². The average Bonchev–Trinajstić information content (AvgIpc) is 3.01. The van der Waals surface area contributed by atoms with E-state index in [-0.39, 0.29) is 23.2 Å². The summed E-state index contributed by atoms with van der Waals surface area (Å²) < 4.78 is 14.2. The molecule has 2 aromatic rings. The number of carbonyl (C=O) groups is 1. The predicted octanol–water partition coefficient (Wildman–Crippen LogP) is 3.57. The summed E-state index contributed by atoms with van der Waals surface area (Å²) in [5.74, 6) is -0.529. The third-order valence-corrected chi connectivity index (χ3v) is 4.37. The summed E-state index contributed by atoms with van der Waals surface area (Å²) in [7, 11) is 0. The Morgan fingerprint density at radius 1 is 1.46 bits per heavy atom. The number of likely N-dealkylation sites (tertiary alicyclic amines) is 1. The third kappa shape index (κ3) is 3.03. The summed E-state index contributed by atoms with van der Waals surface area (Å²) in [5, 5.41) is 12.6. The summed E-state index contributed by atoms with van der Waals surface area (Å²) in [6, 6.07) is 9.54. The molecule has 5 nitrogen and oxygen atoms in total. The number of urea groups is 1. The molecule has 0 bridgehead atoms. The van der Waals surface area contributed by atoms with Crippen molar-refractivity contribution in [1.82, 2.24) is 9.88 Å². The molecular weight excluding hydrogens is 331 g/mol. The minimum absolute atomic E-state index is 0.119. The van der Waals surface area contributed by atoms with Gasteiger partial charge in [0.2, 0.25) is 0 Å². The van der Waals surface area contributed by atoms with E-state index in [2.05, 4.69) is 16.4 Å². The first-order valence-electron chi connectivity index (χ1n) is 7.37. The maximum absolute atomic E-state index is 14.2. The molecule has 1 fully saturated rings. The van der Waals surface area contributed by atoms with Crippen molar-refractivity contribution in [2.75, 3.05) is 18.4 Å². The zero-order chi connectivity index (χ0) is 17.2. The van der Waals surface area contributed by atoms with Crippen molar-refractivity contribution >= 4 is 23.3 Å². The second kappa shape index (κ2) is 6.46. The molecule has 1 N–H and O–H groups in total. The quantitative estimate of drug-likeness (QED) is 0.905. The Kier molecular flexibility index (Phi) is 4.36. The molecule has 1 aromatic carbocycles. The van der Waals surface area contributed by atoms with Gasteiger partial charge in [-0.05, 0) is 30.7 Å². The molecule has 24 heavy (non-hydrogen) atoms. The second-order valence-electron chi connectivity index (χ2n) is 5.66. The summed E-state index contributed by atoms with van der Waals surface area (Å²) in [6.45, 7) is 0.482. The zero-order valence-electron chi connectivity index (χ0n) is 12.7. The first kappa shape index (κ1) is 16.2. The molecule has 122 valence electrons. The van der Waals surface area contributed by atoms with Crippen molar-refractivity contribution in [3.63, 3.8) is 0 Å². The van der Waals surface area contributed by atoms with Crippen molar-refractivity contribution in [1.29, 1.82) is 5.26 Å². The van der Waals surface area contributed by atoms with Gasteiger partial charge in [0.15, 0.2) is 0 Å². The van der Waals surface area contributed by atoms with Crippen LogP contribution >= 0.6 is 11.6 Å². The topological polar surface area (TPSA) is 69.0 Å². The van der Waals surface area contributed by atoms with Gasteiger partial charge < -0.3 is 10.2 Å². The molecule has 1 saturated heterocycles. The number of carbonyl (C=O) groups excluding carboxylic acids is 1. The fourth-order valence-corrected chi connectivity index (χ4v) is 3.03. The van der Waals surface area contributed by atoms with Crippen LogP contribution in [0.4, 0.5) is 14.9 Å². The van der Waals surface area contributed by atoms with Crippen LogP contribution in [0.15, 0.2) is 42.7 Å². The monoisotopic (exact) mass is 344 g/mol. The third-order valence-electron chi connectivity index (χ3n) is 4.13. The van der Waals surface area contributed by atoms with Gasteiger partial charge in [0.05, 0.1) is 18.0 Å². The zero-order valence-corrected chi connectivity index (χ0v) is 13.4. The lowest BCUT2D eigenvalue weighted by Crippen LogP contribution is -2.36. The summed E-state index contributed by atoms with van der Waals surface area (Å²) >= 11 is 5.78. The number of rotatable bonds is 2. The van der Waals surface area contributed by atoms with Gasteiger partial charge in [0.1, 0.15) is 11.2 Å². The van der Waals surface area contributed by atoms with Crippen molar-refractivity contribution in [2.24, 2.45) is 0 Å². The van der Waals surface area contributed by atoms with Crippen LogP contribution in [0.2, 0.25) is 5.02 Å². The van der Waals surface area contributed by atoms with Crippen LogP contribution in [0.3, 0.4) is 0 Å². The van der Waals surface area contributed by atoms with Crippen LogP contribution in [0.25, 0.3) is 0 Å². The van der Waals surface area contributed by atoms with E-state index >= 15 is 0 Å². The lowest BCUT2D eigenvalue weighted by Gasteiger charge is -2.23. The molecule has 2 amide bonds. The van der Waals surface area contributed by atoms with Crippen LogP contribution in [0, 0.1) is 17.1 Å². The van der Waals surface area contributed by atoms with E-state index in [1.165, 1.54) is 23.2 Å². The van der Waals surface area contributed by atoms with Crippen molar-refractivity contribution < 1.29 is 9.18 Å². The average molecular weight is 345 g/mol. The lowest BCUT2D eigenvalue weighted by atomic mass is 9.81. The molecule has 1 atom stereocenters. The number of benzene rings is 1.